The van der Waals surface area contributed by atoms with Gasteiger partial charge in [-0.3, -0.25) is 0 Å². The molecule has 0 aliphatic rings. The summed E-state index contributed by atoms with van der Waals surface area (Å²) in [5.74, 6) is -1.85. The molecule has 0 aromatic carbocycles. The highest BCUT2D eigenvalue weighted by atomic mass is 19.1. The molecule has 0 bridgehead atoms. The fraction of sp³-hybridized carbons (Fsp3) is 0.364. The van der Waals surface area contributed by atoms with E-state index in [1.165, 1.54) is 13.8 Å². The first-order valence-corrected chi connectivity index (χ1v) is 4.59. The third kappa shape index (κ3) is 6.49. The Kier molecular flexibility index (Phi) is 8.24. The summed E-state index contributed by atoms with van der Waals surface area (Å²) in [6.07, 6.45) is 1.15. The number of carboxylic acid groups (broad SMARTS) is 1. The fourth-order valence-corrected chi connectivity index (χ4v) is 0.639. The van der Waals surface area contributed by atoms with Crippen LogP contribution < -0.4 is 5.73 Å². The molecule has 0 radical (unpaired) electrons. The van der Waals surface area contributed by atoms with Crippen LogP contribution in [0.3, 0.4) is 0 Å². The highest BCUT2D eigenvalue weighted by Gasteiger charge is 2.07. The Morgan fingerprint density at radius 2 is 1.80 bits per heavy atom. The molecule has 0 heterocycles. The molecule has 0 amide bonds. The number of aliphatic carboxylic acids is 1. The molecule has 0 rings (SSSR count). The molecule has 15 heavy (non-hydrogen) atoms. The van der Waals surface area contributed by atoms with Crippen molar-refractivity contribution < 1.29 is 14.3 Å². The van der Waals surface area contributed by atoms with E-state index in [1.807, 2.05) is 13.8 Å². The lowest BCUT2D eigenvalue weighted by molar-refractivity contribution is -0.132. The summed E-state index contributed by atoms with van der Waals surface area (Å²) in [7, 11) is 0. The molecular formula is C11H18FNO2. The Balaban J connectivity index is 0. The molecule has 0 spiro atoms. The summed E-state index contributed by atoms with van der Waals surface area (Å²) in [6, 6.07) is 0. The van der Waals surface area contributed by atoms with Gasteiger partial charge in [-0.05, 0) is 25.5 Å². The number of halogens is 1. The van der Waals surface area contributed by atoms with Crippen molar-refractivity contribution in [2.75, 3.05) is 0 Å². The second-order valence-electron chi connectivity index (χ2n) is 2.63. The predicted octanol–water partition coefficient (Wildman–Crippen LogP) is 2.76. The topological polar surface area (TPSA) is 63.3 Å². The average molecular weight is 215 g/mol. The fourth-order valence-electron chi connectivity index (χ4n) is 0.639. The first-order chi connectivity index (χ1) is 6.86. The Morgan fingerprint density at radius 1 is 1.40 bits per heavy atom. The van der Waals surface area contributed by atoms with E-state index < -0.39 is 11.8 Å². The number of carbonyl (C=O) groups is 1. The van der Waals surface area contributed by atoms with Crippen molar-refractivity contribution in [1.29, 1.82) is 0 Å². The van der Waals surface area contributed by atoms with Gasteiger partial charge in [0.25, 0.3) is 0 Å². The van der Waals surface area contributed by atoms with Crippen LogP contribution in [0.2, 0.25) is 0 Å². The van der Waals surface area contributed by atoms with Gasteiger partial charge in [-0.2, -0.15) is 0 Å². The van der Waals surface area contributed by atoms with Gasteiger partial charge in [-0.15, -0.1) is 0 Å². The van der Waals surface area contributed by atoms with E-state index in [-0.39, 0.29) is 16.8 Å². The van der Waals surface area contributed by atoms with E-state index in [1.54, 1.807) is 0 Å². The Morgan fingerprint density at radius 3 is 2.00 bits per heavy atom. The first kappa shape index (κ1) is 15.9. The molecule has 86 valence electrons. The second kappa shape index (κ2) is 7.79. The van der Waals surface area contributed by atoms with Gasteiger partial charge in [0.2, 0.25) is 0 Å². The molecular weight excluding hydrogens is 197 g/mol. The van der Waals surface area contributed by atoms with E-state index in [0.717, 1.165) is 6.08 Å². The zero-order valence-electron chi connectivity index (χ0n) is 9.60. The number of carboxylic acids is 1. The second-order valence-corrected chi connectivity index (χ2v) is 2.63. The van der Waals surface area contributed by atoms with Crippen molar-refractivity contribution in [1.82, 2.24) is 0 Å². The highest BCUT2D eigenvalue weighted by Crippen LogP contribution is 2.12. The average Bonchev–Trinajstić information content (AvgIpc) is 2.15. The van der Waals surface area contributed by atoms with Gasteiger partial charge < -0.3 is 10.8 Å². The standard InChI is InChI=1S/C9H12FNO2.C2H6/c1-5(6(2)10)4-8(7(3)11)9(12)13;1-2/h4H,2,11H2,1,3H3,(H,12,13);1-2H3/b5-4-,8-7-;. The van der Waals surface area contributed by atoms with Gasteiger partial charge in [0.1, 0.15) is 5.83 Å². The van der Waals surface area contributed by atoms with Crippen LogP contribution >= 0.6 is 0 Å². The summed E-state index contributed by atoms with van der Waals surface area (Å²) >= 11 is 0. The molecule has 0 unspecified atom stereocenters. The van der Waals surface area contributed by atoms with E-state index in [0.29, 0.717) is 0 Å². The van der Waals surface area contributed by atoms with E-state index in [4.69, 9.17) is 10.8 Å². The molecule has 4 heteroatoms. The molecule has 3 nitrogen and oxygen atoms in total. The van der Waals surface area contributed by atoms with Crippen molar-refractivity contribution >= 4 is 5.97 Å². The maximum Gasteiger partial charge on any atom is 0.337 e. The van der Waals surface area contributed by atoms with Crippen LogP contribution in [0.4, 0.5) is 4.39 Å². The minimum Gasteiger partial charge on any atom is -0.478 e. The number of allylic oxidation sites excluding steroid dienone is 3. The third-order valence-corrected chi connectivity index (χ3v) is 1.44. The van der Waals surface area contributed by atoms with E-state index in [2.05, 4.69) is 6.58 Å². The minimum absolute atomic E-state index is 0.115. The lowest BCUT2D eigenvalue weighted by atomic mass is 10.1. The first-order valence-electron chi connectivity index (χ1n) is 4.59. The lowest BCUT2D eigenvalue weighted by Crippen LogP contribution is -2.06. The Hall–Kier alpha value is -1.58. The summed E-state index contributed by atoms with van der Waals surface area (Å²) in [6.45, 7) is 9.90. The van der Waals surface area contributed by atoms with Crippen LogP contribution in [0.15, 0.2) is 35.3 Å². The zero-order valence-corrected chi connectivity index (χ0v) is 9.60. The molecule has 0 aliphatic heterocycles. The summed E-state index contributed by atoms with van der Waals surface area (Å²) < 4.78 is 12.5. The molecule has 3 N–H and O–H groups in total. The van der Waals surface area contributed by atoms with Gasteiger partial charge >= 0.3 is 5.97 Å². The van der Waals surface area contributed by atoms with Crippen LogP contribution in [-0.2, 0) is 4.79 Å². The van der Waals surface area contributed by atoms with Gasteiger partial charge in [-0.1, -0.05) is 20.4 Å². The lowest BCUT2D eigenvalue weighted by Gasteiger charge is -2.00. The van der Waals surface area contributed by atoms with Gasteiger partial charge in [0, 0.05) is 5.70 Å². The maximum absolute atomic E-state index is 12.5. The van der Waals surface area contributed by atoms with Crippen molar-refractivity contribution in [3.8, 4) is 0 Å². The quantitative estimate of drug-likeness (QED) is 0.562. The van der Waals surface area contributed by atoms with Crippen molar-refractivity contribution in [3.05, 3.63) is 35.3 Å². The summed E-state index contributed by atoms with van der Waals surface area (Å²) in [5.41, 5.74) is 5.46. The van der Waals surface area contributed by atoms with Crippen molar-refractivity contribution in [2.24, 2.45) is 5.73 Å². The number of hydrogen-bond acceptors (Lipinski definition) is 2. The highest BCUT2D eigenvalue weighted by molar-refractivity contribution is 5.90. The predicted molar refractivity (Wildman–Crippen MR) is 59.9 cm³/mol. The number of rotatable bonds is 3. The van der Waals surface area contributed by atoms with Crippen molar-refractivity contribution in [2.45, 2.75) is 27.7 Å². The molecule has 0 aromatic rings. The maximum atomic E-state index is 12.5. The van der Waals surface area contributed by atoms with Gasteiger partial charge in [0.15, 0.2) is 0 Å². The summed E-state index contributed by atoms with van der Waals surface area (Å²) in [5, 5.41) is 8.64. The third-order valence-electron chi connectivity index (χ3n) is 1.44. The minimum atomic E-state index is -1.18. The van der Waals surface area contributed by atoms with Crippen LogP contribution in [0.25, 0.3) is 0 Å². The van der Waals surface area contributed by atoms with Crippen LogP contribution in [0.1, 0.15) is 27.7 Å². The molecule has 0 saturated heterocycles. The normalized spacial score (nSPS) is 12.2. The monoisotopic (exact) mass is 215 g/mol. The molecule has 0 atom stereocenters. The van der Waals surface area contributed by atoms with Crippen LogP contribution in [0.5, 0.6) is 0 Å². The molecule has 0 aromatic heterocycles. The Labute approximate surface area is 89.8 Å². The van der Waals surface area contributed by atoms with Gasteiger partial charge in [0.05, 0.1) is 5.57 Å². The van der Waals surface area contributed by atoms with E-state index in [9.17, 15) is 9.18 Å². The van der Waals surface area contributed by atoms with Crippen LogP contribution in [0, 0.1) is 0 Å². The molecule has 0 saturated carbocycles. The SMILES string of the molecule is C=C(F)/C(C)=C\C(C(=O)O)=C(/C)N.CC. The zero-order chi connectivity index (χ0) is 12.6. The number of nitrogens with two attached hydrogens (primary N) is 1. The molecule has 0 aliphatic carbocycles. The van der Waals surface area contributed by atoms with Crippen molar-refractivity contribution in [3.63, 3.8) is 0 Å². The smallest absolute Gasteiger partial charge is 0.337 e. The summed E-state index contributed by atoms with van der Waals surface area (Å²) in [4.78, 5) is 10.6. The Bertz CT molecular complexity index is 300. The molecule has 0 fully saturated rings. The number of hydrogen-bond donors (Lipinski definition) is 2. The van der Waals surface area contributed by atoms with Gasteiger partial charge in [-0.25, -0.2) is 9.18 Å². The van der Waals surface area contributed by atoms with E-state index >= 15 is 0 Å². The largest absolute Gasteiger partial charge is 0.478 e. The van der Waals surface area contributed by atoms with Crippen LogP contribution in [-0.4, -0.2) is 11.1 Å².